The summed E-state index contributed by atoms with van der Waals surface area (Å²) in [6.45, 7) is 3.05. The average Bonchev–Trinajstić information content (AvgIpc) is 2.48. The largest absolute Gasteiger partial charge is 0.329 e. The zero-order chi connectivity index (χ0) is 15.6. The van der Waals surface area contributed by atoms with E-state index in [0.29, 0.717) is 28.4 Å². The first-order valence-corrected chi connectivity index (χ1v) is 10.1. The van der Waals surface area contributed by atoms with E-state index >= 15 is 0 Å². The highest BCUT2D eigenvalue weighted by Gasteiger charge is 2.36. The van der Waals surface area contributed by atoms with Crippen molar-refractivity contribution in [2.45, 2.75) is 37.1 Å². The quantitative estimate of drug-likeness (QED) is 0.782. The van der Waals surface area contributed by atoms with Gasteiger partial charge in [0.2, 0.25) is 10.0 Å². The summed E-state index contributed by atoms with van der Waals surface area (Å²) in [5, 5.41) is 0. The van der Waals surface area contributed by atoms with Gasteiger partial charge in [-0.25, -0.2) is 8.42 Å². The van der Waals surface area contributed by atoms with Gasteiger partial charge in [0.15, 0.2) is 0 Å². The number of hydrogen-bond donors (Lipinski definition) is 1. The van der Waals surface area contributed by atoms with E-state index in [1.165, 1.54) is 0 Å². The monoisotopic (exact) mass is 438 g/mol. The molecular formula is C14H20Br2N2O2S. The number of benzene rings is 1. The maximum absolute atomic E-state index is 12.9. The van der Waals surface area contributed by atoms with Crippen LogP contribution < -0.4 is 5.73 Å². The first-order valence-electron chi connectivity index (χ1n) is 7.07. The predicted octanol–water partition coefficient (Wildman–Crippen LogP) is 3.35. The highest BCUT2D eigenvalue weighted by molar-refractivity contribution is 9.11. The van der Waals surface area contributed by atoms with Crippen LogP contribution in [0.2, 0.25) is 0 Å². The molecule has 0 amide bonds. The normalized spacial score (nSPS) is 24.2. The molecule has 2 unspecified atom stereocenters. The second kappa shape index (κ2) is 7.08. The lowest BCUT2D eigenvalue weighted by Crippen LogP contribution is -2.49. The third kappa shape index (κ3) is 3.69. The van der Waals surface area contributed by atoms with Crippen LogP contribution in [-0.2, 0) is 10.0 Å². The van der Waals surface area contributed by atoms with Gasteiger partial charge in [-0.05, 0) is 52.9 Å². The Balaban J connectivity index is 2.36. The van der Waals surface area contributed by atoms with Crippen molar-refractivity contribution in [3.63, 3.8) is 0 Å². The third-order valence-electron chi connectivity index (χ3n) is 4.10. The molecule has 1 aliphatic heterocycles. The van der Waals surface area contributed by atoms with Crippen LogP contribution in [-0.4, -0.2) is 31.9 Å². The zero-order valence-electron chi connectivity index (χ0n) is 11.9. The molecule has 0 bridgehead atoms. The van der Waals surface area contributed by atoms with Crippen LogP contribution in [0.1, 0.15) is 26.2 Å². The third-order valence-corrected chi connectivity index (χ3v) is 7.54. The first kappa shape index (κ1) is 17.4. The minimum Gasteiger partial charge on any atom is -0.329 e. The van der Waals surface area contributed by atoms with Crippen LogP contribution >= 0.6 is 31.9 Å². The summed E-state index contributed by atoms with van der Waals surface area (Å²) in [6, 6.07) is 5.08. The van der Waals surface area contributed by atoms with Crippen LogP contribution in [0, 0.1) is 5.92 Å². The Morgan fingerprint density at radius 3 is 2.71 bits per heavy atom. The van der Waals surface area contributed by atoms with Crippen LogP contribution in [0.3, 0.4) is 0 Å². The van der Waals surface area contributed by atoms with Gasteiger partial charge < -0.3 is 5.73 Å². The minimum atomic E-state index is -3.53. The molecule has 1 aliphatic rings. The summed E-state index contributed by atoms with van der Waals surface area (Å²) in [5.74, 6) is 0.566. The van der Waals surface area contributed by atoms with Gasteiger partial charge in [0.25, 0.3) is 0 Å². The summed E-state index contributed by atoms with van der Waals surface area (Å²) in [6.07, 6.45) is 2.82. The first-order chi connectivity index (χ1) is 9.90. The van der Waals surface area contributed by atoms with Crippen molar-refractivity contribution < 1.29 is 8.42 Å². The Kier molecular flexibility index (Phi) is 5.87. The van der Waals surface area contributed by atoms with Crippen LogP contribution in [0.15, 0.2) is 32.0 Å². The lowest BCUT2D eigenvalue weighted by Gasteiger charge is -2.37. The Labute approximate surface area is 143 Å². The molecule has 1 fully saturated rings. The number of rotatable bonds is 4. The molecule has 0 aromatic heterocycles. The van der Waals surface area contributed by atoms with E-state index in [-0.39, 0.29) is 6.04 Å². The topological polar surface area (TPSA) is 63.4 Å². The smallest absolute Gasteiger partial charge is 0.244 e. The van der Waals surface area contributed by atoms with Crippen LogP contribution in [0.5, 0.6) is 0 Å². The van der Waals surface area contributed by atoms with E-state index in [2.05, 4.69) is 38.8 Å². The Hall–Kier alpha value is 0.0500. The van der Waals surface area contributed by atoms with Crippen LogP contribution in [0.4, 0.5) is 0 Å². The van der Waals surface area contributed by atoms with Crippen molar-refractivity contribution in [1.29, 1.82) is 0 Å². The lowest BCUT2D eigenvalue weighted by molar-refractivity contribution is 0.197. The number of nitrogens with zero attached hydrogens (tertiary/aromatic N) is 1. The molecule has 4 nitrogen and oxygen atoms in total. The Morgan fingerprint density at radius 1 is 1.38 bits per heavy atom. The maximum Gasteiger partial charge on any atom is 0.244 e. The fraction of sp³-hybridized carbons (Fsp3) is 0.571. The molecule has 21 heavy (non-hydrogen) atoms. The van der Waals surface area contributed by atoms with E-state index in [0.717, 1.165) is 23.7 Å². The number of sulfonamides is 1. The van der Waals surface area contributed by atoms with Crippen molar-refractivity contribution in [3.05, 3.63) is 27.1 Å². The van der Waals surface area contributed by atoms with Gasteiger partial charge in [0.1, 0.15) is 0 Å². The summed E-state index contributed by atoms with van der Waals surface area (Å²) in [4.78, 5) is 0.297. The van der Waals surface area contributed by atoms with Crippen molar-refractivity contribution in [2.24, 2.45) is 11.7 Å². The Bertz CT molecular complexity index is 607. The van der Waals surface area contributed by atoms with Crippen LogP contribution in [0.25, 0.3) is 0 Å². The van der Waals surface area contributed by atoms with Gasteiger partial charge in [0.05, 0.1) is 4.90 Å². The summed E-state index contributed by atoms with van der Waals surface area (Å²) >= 11 is 6.68. The fourth-order valence-corrected chi connectivity index (χ4v) is 5.94. The number of piperidine rings is 1. The second-order valence-electron chi connectivity index (χ2n) is 5.38. The molecule has 7 heteroatoms. The van der Waals surface area contributed by atoms with E-state index in [1.54, 1.807) is 16.4 Å². The van der Waals surface area contributed by atoms with E-state index in [1.807, 2.05) is 6.07 Å². The van der Waals surface area contributed by atoms with Gasteiger partial charge in [-0.3, -0.25) is 0 Å². The molecule has 1 aromatic rings. The lowest BCUT2D eigenvalue weighted by atomic mass is 9.90. The molecular weight excluding hydrogens is 420 g/mol. The number of nitrogens with two attached hydrogens (primary N) is 1. The SMILES string of the molecule is CCC1CCN(S(=O)(=O)c2cc(Br)ccc2Br)C(CN)C1. The zero-order valence-corrected chi connectivity index (χ0v) is 15.9. The second-order valence-corrected chi connectivity index (χ2v) is 9.01. The molecule has 1 heterocycles. The molecule has 2 N–H and O–H groups in total. The molecule has 0 spiro atoms. The molecule has 2 atom stereocenters. The highest BCUT2D eigenvalue weighted by atomic mass is 79.9. The van der Waals surface area contributed by atoms with E-state index in [4.69, 9.17) is 5.73 Å². The van der Waals surface area contributed by atoms with Gasteiger partial charge in [-0.15, -0.1) is 0 Å². The number of hydrogen-bond acceptors (Lipinski definition) is 3. The average molecular weight is 440 g/mol. The molecule has 2 rings (SSSR count). The van der Waals surface area contributed by atoms with Gasteiger partial charge in [-0.1, -0.05) is 29.3 Å². The molecule has 118 valence electrons. The minimum absolute atomic E-state index is 0.111. The van der Waals surface area contributed by atoms with Crippen molar-refractivity contribution >= 4 is 41.9 Å². The van der Waals surface area contributed by atoms with Crippen molar-refractivity contribution in [1.82, 2.24) is 4.31 Å². The highest BCUT2D eigenvalue weighted by Crippen LogP contribution is 2.33. The standard InChI is InChI=1S/C14H20Br2N2O2S/c1-2-10-5-6-18(12(7-10)9-17)21(19,20)14-8-11(15)3-4-13(14)16/h3-4,8,10,12H,2,5-7,9,17H2,1H3. The van der Waals surface area contributed by atoms with Gasteiger partial charge in [-0.2, -0.15) is 4.31 Å². The van der Waals surface area contributed by atoms with E-state index < -0.39 is 10.0 Å². The molecule has 1 aromatic carbocycles. The number of halogens is 2. The molecule has 0 radical (unpaired) electrons. The summed E-state index contributed by atoms with van der Waals surface area (Å²) in [7, 11) is -3.53. The summed E-state index contributed by atoms with van der Waals surface area (Å²) < 4.78 is 28.8. The summed E-state index contributed by atoms with van der Waals surface area (Å²) in [5.41, 5.74) is 5.83. The Morgan fingerprint density at radius 2 is 2.10 bits per heavy atom. The maximum atomic E-state index is 12.9. The molecule has 0 aliphatic carbocycles. The fourth-order valence-electron chi connectivity index (χ4n) is 2.81. The molecule has 0 saturated carbocycles. The predicted molar refractivity (Wildman–Crippen MR) is 91.6 cm³/mol. The van der Waals surface area contributed by atoms with Gasteiger partial charge >= 0.3 is 0 Å². The van der Waals surface area contributed by atoms with Gasteiger partial charge in [0, 0.05) is 28.1 Å². The van der Waals surface area contributed by atoms with E-state index in [9.17, 15) is 8.42 Å². The molecule has 1 saturated heterocycles. The van der Waals surface area contributed by atoms with Crippen molar-refractivity contribution in [2.75, 3.05) is 13.1 Å². The van der Waals surface area contributed by atoms with Crippen molar-refractivity contribution in [3.8, 4) is 0 Å².